The van der Waals surface area contributed by atoms with Gasteiger partial charge >= 0.3 is 0 Å². The van der Waals surface area contributed by atoms with Crippen LogP contribution in [0.15, 0.2) is 0 Å². The van der Waals surface area contributed by atoms with E-state index in [1.165, 1.54) is 154 Å². The highest BCUT2D eigenvalue weighted by atomic mass is 31.1. The molecular formula is C28H59O2P. The van der Waals surface area contributed by atoms with Crippen LogP contribution in [0.3, 0.4) is 0 Å². The van der Waals surface area contributed by atoms with Crippen LogP contribution in [0.2, 0.25) is 0 Å². The van der Waals surface area contributed by atoms with Gasteiger partial charge in [-0.15, -0.1) is 0 Å². The summed E-state index contributed by atoms with van der Waals surface area (Å²) in [6.07, 6.45) is 33.5. The van der Waals surface area contributed by atoms with E-state index in [0.29, 0.717) is 0 Å². The van der Waals surface area contributed by atoms with Crippen LogP contribution in [-0.4, -0.2) is 13.2 Å². The Kier molecular flexibility index (Phi) is 30.7. The van der Waals surface area contributed by atoms with E-state index in [1.807, 2.05) is 0 Å². The Morgan fingerprint density at radius 3 is 0.806 bits per heavy atom. The molecule has 0 spiro atoms. The molecule has 0 aliphatic heterocycles. The molecule has 0 aromatic heterocycles. The maximum absolute atomic E-state index is 5.64. The highest BCUT2D eigenvalue weighted by Crippen LogP contribution is 2.17. The van der Waals surface area contributed by atoms with E-state index in [9.17, 15) is 0 Å². The molecule has 0 fully saturated rings. The van der Waals surface area contributed by atoms with Crippen LogP contribution in [0.5, 0.6) is 0 Å². The van der Waals surface area contributed by atoms with E-state index in [0.717, 1.165) is 13.2 Å². The molecule has 0 bridgehead atoms. The molecule has 0 amide bonds. The van der Waals surface area contributed by atoms with Crippen molar-refractivity contribution < 1.29 is 9.05 Å². The second-order valence-electron chi connectivity index (χ2n) is 9.56. The predicted octanol–water partition coefficient (Wildman–Crippen LogP) is 10.9. The van der Waals surface area contributed by atoms with E-state index in [2.05, 4.69) is 13.8 Å². The maximum atomic E-state index is 5.64. The molecule has 0 heterocycles. The first kappa shape index (κ1) is 31.4. The molecule has 0 aromatic carbocycles. The summed E-state index contributed by atoms with van der Waals surface area (Å²) in [6, 6.07) is 0. The van der Waals surface area contributed by atoms with Gasteiger partial charge in [-0.2, -0.15) is 0 Å². The molecule has 0 saturated heterocycles. The minimum absolute atomic E-state index is 0.255. The van der Waals surface area contributed by atoms with Gasteiger partial charge < -0.3 is 9.05 Å². The Labute approximate surface area is 199 Å². The third-order valence-electron chi connectivity index (χ3n) is 6.32. The zero-order valence-electron chi connectivity index (χ0n) is 21.7. The van der Waals surface area contributed by atoms with Gasteiger partial charge in [0.1, 0.15) is 0 Å². The van der Waals surface area contributed by atoms with Crippen molar-refractivity contribution in [2.24, 2.45) is 0 Å². The molecular weight excluding hydrogens is 399 g/mol. The minimum atomic E-state index is 0.255. The van der Waals surface area contributed by atoms with Crippen molar-refractivity contribution >= 4 is 9.03 Å². The van der Waals surface area contributed by atoms with Crippen LogP contribution in [0.1, 0.15) is 168 Å². The topological polar surface area (TPSA) is 18.5 Å². The Morgan fingerprint density at radius 1 is 0.323 bits per heavy atom. The molecule has 0 radical (unpaired) electrons. The van der Waals surface area contributed by atoms with E-state index in [-0.39, 0.29) is 9.03 Å². The summed E-state index contributed by atoms with van der Waals surface area (Å²) in [5, 5.41) is 0. The summed E-state index contributed by atoms with van der Waals surface area (Å²) in [7, 11) is 0.255. The van der Waals surface area contributed by atoms with E-state index >= 15 is 0 Å². The largest absolute Gasteiger partial charge is 0.336 e. The summed E-state index contributed by atoms with van der Waals surface area (Å²) in [5.41, 5.74) is 0. The first-order valence-electron chi connectivity index (χ1n) is 14.4. The number of hydrogen-bond acceptors (Lipinski definition) is 2. The molecule has 31 heavy (non-hydrogen) atoms. The van der Waals surface area contributed by atoms with Gasteiger partial charge in [0.05, 0.1) is 13.2 Å². The lowest BCUT2D eigenvalue weighted by Crippen LogP contribution is -1.90. The third kappa shape index (κ3) is 30.4. The van der Waals surface area contributed by atoms with Crippen LogP contribution in [0.4, 0.5) is 0 Å². The average Bonchev–Trinajstić information content (AvgIpc) is 2.78. The third-order valence-corrected chi connectivity index (χ3v) is 6.96. The van der Waals surface area contributed by atoms with Crippen molar-refractivity contribution in [2.75, 3.05) is 13.2 Å². The molecule has 0 rings (SSSR count). The highest BCUT2D eigenvalue weighted by Gasteiger charge is 1.96. The average molecular weight is 459 g/mol. The first-order chi connectivity index (χ1) is 15.4. The number of unbranched alkanes of at least 4 members (excludes halogenated alkanes) is 22. The van der Waals surface area contributed by atoms with Gasteiger partial charge in [0.15, 0.2) is 9.03 Å². The fourth-order valence-corrected chi connectivity index (χ4v) is 4.69. The maximum Gasteiger partial charge on any atom is 0.155 e. The quantitative estimate of drug-likeness (QED) is 0.0857. The first-order valence-corrected chi connectivity index (χ1v) is 15.2. The van der Waals surface area contributed by atoms with Gasteiger partial charge in [-0.3, -0.25) is 0 Å². The number of hydrogen-bond donors (Lipinski definition) is 0. The van der Waals surface area contributed by atoms with Crippen molar-refractivity contribution in [3.8, 4) is 0 Å². The van der Waals surface area contributed by atoms with Gasteiger partial charge in [0.2, 0.25) is 0 Å². The monoisotopic (exact) mass is 458 g/mol. The predicted molar refractivity (Wildman–Crippen MR) is 142 cm³/mol. The summed E-state index contributed by atoms with van der Waals surface area (Å²) in [6.45, 7) is 6.35. The van der Waals surface area contributed by atoms with Crippen LogP contribution in [0, 0.1) is 0 Å². The Balaban J connectivity index is 2.98. The van der Waals surface area contributed by atoms with Crippen molar-refractivity contribution in [3.05, 3.63) is 0 Å². The van der Waals surface area contributed by atoms with Gasteiger partial charge in [0.25, 0.3) is 0 Å². The summed E-state index contributed by atoms with van der Waals surface area (Å²) >= 11 is 0. The van der Waals surface area contributed by atoms with Crippen LogP contribution in [0.25, 0.3) is 0 Å². The van der Waals surface area contributed by atoms with Crippen molar-refractivity contribution in [3.63, 3.8) is 0 Å². The zero-order valence-corrected chi connectivity index (χ0v) is 22.7. The van der Waals surface area contributed by atoms with Crippen molar-refractivity contribution in [1.82, 2.24) is 0 Å². The molecule has 2 nitrogen and oxygen atoms in total. The standard InChI is InChI=1S/C28H59O2P/c1-3-5-7-9-11-13-15-17-19-21-23-25-27-29-31-30-28-26-24-22-20-18-16-14-12-10-8-6-4-2/h31H,3-28H2,1-2H3. The lowest BCUT2D eigenvalue weighted by molar-refractivity contribution is 0.256. The molecule has 0 aliphatic carbocycles. The SMILES string of the molecule is CCCCCCCCCCCCCCOPOCCCCCCCCCCCCCC. The lowest BCUT2D eigenvalue weighted by atomic mass is 10.1. The molecule has 0 saturated carbocycles. The van der Waals surface area contributed by atoms with E-state index in [1.54, 1.807) is 0 Å². The molecule has 3 heteroatoms. The second kappa shape index (κ2) is 30.4. The van der Waals surface area contributed by atoms with Gasteiger partial charge in [-0.05, 0) is 12.8 Å². The van der Waals surface area contributed by atoms with Gasteiger partial charge in [-0.1, -0.05) is 155 Å². The molecule has 0 atom stereocenters. The summed E-state index contributed by atoms with van der Waals surface area (Å²) in [5.74, 6) is 0. The van der Waals surface area contributed by atoms with E-state index in [4.69, 9.17) is 9.05 Å². The van der Waals surface area contributed by atoms with Crippen LogP contribution in [-0.2, 0) is 9.05 Å². The Hall–Kier alpha value is 0.350. The highest BCUT2D eigenvalue weighted by molar-refractivity contribution is 7.26. The van der Waals surface area contributed by atoms with Crippen LogP contribution < -0.4 is 0 Å². The Bertz CT molecular complexity index is 271. The molecule has 0 unspecified atom stereocenters. The molecule has 0 N–H and O–H groups in total. The lowest BCUT2D eigenvalue weighted by Gasteiger charge is -2.06. The van der Waals surface area contributed by atoms with Crippen LogP contribution >= 0.6 is 9.03 Å². The molecule has 0 aromatic rings. The number of rotatable bonds is 28. The summed E-state index contributed by atoms with van der Waals surface area (Å²) < 4.78 is 11.3. The Morgan fingerprint density at radius 2 is 0.548 bits per heavy atom. The minimum Gasteiger partial charge on any atom is -0.336 e. The fraction of sp³-hybridized carbons (Fsp3) is 1.00. The fourth-order valence-electron chi connectivity index (χ4n) is 4.16. The van der Waals surface area contributed by atoms with Gasteiger partial charge in [0, 0.05) is 0 Å². The molecule has 0 aliphatic rings. The van der Waals surface area contributed by atoms with E-state index < -0.39 is 0 Å². The summed E-state index contributed by atoms with van der Waals surface area (Å²) in [4.78, 5) is 0. The van der Waals surface area contributed by atoms with Crippen molar-refractivity contribution in [1.29, 1.82) is 0 Å². The zero-order chi connectivity index (χ0) is 22.5. The second-order valence-corrected chi connectivity index (χ2v) is 10.3. The molecule has 188 valence electrons. The normalized spacial score (nSPS) is 11.4. The van der Waals surface area contributed by atoms with Gasteiger partial charge in [-0.25, -0.2) is 0 Å². The van der Waals surface area contributed by atoms with Crippen molar-refractivity contribution in [2.45, 2.75) is 168 Å². The smallest absolute Gasteiger partial charge is 0.155 e.